The van der Waals surface area contributed by atoms with Crippen LogP contribution in [0.15, 0.2) is 58.3 Å². The van der Waals surface area contributed by atoms with Gasteiger partial charge in [0.2, 0.25) is 0 Å². The van der Waals surface area contributed by atoms with Crippen LogP contribution in [0.4, 0.5) is 11.4 Å². The van der Waals surface area contributed by atoms with E-state index in [0.717, 1.165) is 6.42 Å². The minimum Gasteiger partial charge on any atom is -0.324 e. The average molecular weight is 256 g/mol. The molecule has 0 aromatic heterocycles. The van der Waals surface area contributed by atoms with Gasteiger partial charge in [-0.15, -0.1) is 0 Å². The normalized spacial score (nSPS) is 14.9. The second-order valence-corrected chi connectivity index (χ2v) is 5.47. The first-order valence-electron chi connectivity index (χ1n) is 6.22. The smallest absolute Gasteiger partial charge is 0.0818 e. The van der Waals surface area contributed by atoms with Gasteiger partial charge in [-0.2, -0.15) is 0 Å². The largest absolute Gasteiger partial charge is 0.324 e. The molecular weight excluding hydrogens is 240 g/mol. The van der Waals surface area contributed by atoms with Crippen molar-refractivity contribution < 1.29 is 0 Å². The third-order valence-corrected chi connectivity index (χ3v) is 4.35. The number of nitrogens with two attached hydrogens (primary N) is 1. The molecule has 1 aliphatic rings. The van der Waals surface area contributed by atoms with Gasteiger partial charge in [-0.3, -0.25) is 0 Å². The predicted octanol–water partition coefficient (Wildman–Crippen LogP) is 3.98. The quantitative estimate of drug-likeness (QED) is 0.881. The maximum absolute atomic E-state index is 6.29. The maximum atomic E-state index is 6.29. The molecule has 0 amide bonds. The van der Waals surface area contributed by atoms with Gasteiger partial charge in [0.1, 0.15) is 0 Å². The first-order chi connectivity index (χ1) is 8.81. The fourth-order valence-corrected chi connectivity index (χ4v) is 3.35. The van der Waals surface area contributed by atoms with E-state index in [1.54, 1.807) is 0 Å². The van der Waals surface area contributed by atoms with E-state index in [1.165, 1.54) is 21.2 Å². The van der Waals surface area contributed by atoms with Crippen LogP contribution in [0, 0.1) is 0 Å². The second kappa shape index (κ2) is 4.67. The number of hydrogen-bond acceptors (Lipinski definition) is 3. The molecule has 0 radical (unpaired) electrons. The number of fused-ring (bicyclic) bond motifs is 2. The zero-order valence-corrected chi connectivity index (χ0v) is 11.2. The summed E-state index contributed by atoms with van der Waals surface area (Å²) in [5.74, 6) is 0. The molecule has 92 valence electrons. The summed E-state index contributed by atoms with van der Waals surface area (Å²) in [7, 11) is 0. The van der Waals surface area contributed by atoms with Gasteiger partial charge in [-0.25, -0.2) is 0 Å². The van der Waals surface area contributed by atoms with E-state index < -0.39 is 0 Å². The van der Waals surface area contributed by atoms with Gasteiger partial charge in [-0.05, 0) is 30.7 Å². The van der Waals surface area contributed by atoms with Crippen molar-refractivity contribution in [1.29, 1.82) is 0 Å². The van der Waals surface area contributed by atoms with Crippen LogP contribution in [0.3, 0.4) is 0 Å². The van der Waals surface area contributed by atoms with E-state index >= 15 is 0 Å². The summed E-state index contributed by atoms with van der Waals surface area (Å²) in [6.45, 7) is 2.12. The van der Waals surface area contributed by atoms with E-state index in [2.05, 4.69) is 60.4 Å². The number of para-hydroxylation sites is 2. The summed E-state index contributed by atoms with van der Waals surface area (Å²) < 4.78 is 0. The van der Waals surface area contributed by atoms with Crippen molar-refractivity contribution in [3.05, 3.63) is 48.5 Å². The Bertz CT molecular complexity index is 522. The summed E-state index contributed by atoms with van der Waals surface area (Å²) in [5, 5.41) is 0. The summed E-state index contributed by atoms with van der Waals surface area (Å²) in [6, 6.07) is 16.9. The van der Waals surface area contributed by atoms with Crippen LogP contribution in [-0.2, 0) is 0 Å². The Labute approximate surface area is 112 Å². The molecule has 0 spiro atoms. The summed E-state index contributed by atoms with van der Waals surface area (Å²) in [5.41, 5.74) is 8.73. The van der Waals surface area contributed by atoms with Gasteiger partial charge in [0.15, 0.2) is 0 Å². The van der Waals surface area contributed by atoms with Crippen LogP contribution in [-0.4, -0.2) is 6.17 Å². The van der Waals surface area contributed by atoms with Crippen LogP contribution < -0.4 is 10.6 Å². The SMILES string of the molecule is CCC(N)N1c2ccccc2Sc2ccccc21. The molecule has 2 N–H and O–H groups in total. The Morgan fingerprint density at radius 2 is 1.50 bits per heavy atom. The summed E-state index contributed by atoms with van der Waals surface area (Å²) >= 11 is 1.82. The maximum Gasteiger partial charge on any atom is 0.0818 e. The van der Waals surface area contributed by atoms with E-state index in [1.807, 2.05) is 11.8 Å². The molecule has 1 aliphatic heterocycles. The first kappa shape index (κ1) is 11.6. The molecule has 2 aromatic rings. The van der Waals surface area contributed by atoms with Gasteiger partial charge in [0.25, 0.3) is 0 Å². The van der Waals surface area contributed by atoms with Crippen LogP contribution in [0.2, 0.25) is 0 Å². The van der Waals surface area contributed by atoms with E-state index in [0.29, 0.717) is 0 Å². The molecule has 18 heavy (non-hydrogen) atoms. The van der Waals surface area contributed by atoms with E-state index in [-0.39, 0.29) is 6.17 Å². The lowest BCUT2D eigenvalue weighted by Gasteiger charge is -2.36. The molecule has 3 heteroatoms. The van der Waals surface area contributed by atoms with Crippen LogP contribution in [0.5, 0.6) is 0 Å². The number of anilines is 2. The molecule has 0 aliphatic carbocycles. The minimum atomic E-state index is 0.0215. The molecule has 2 aromatic carbocycles. The summed E-state index contributed by atoms with van der Waals surface area (Å²) in [6.07, 6.45) is 0.945. The molecule has 1 unspecified atom stereocenters. The third kappa shape index (κ3) is 1.80. The van der Waals surface area contributed by atoms with Crippen molar-refractivity contribution in [3.63, 3.8) is 0 Å². The minimum absolute atomic E-state index is 0.0215. The number of rotatable bonds is 2. The van der Waals surface area contributed by atoms with Crippen molar-refractivity contribution in [2.24, 2.45) is 5.73 Å². The molecule has 3 rings (SSSR count). The zero-order valence-electron chi connectivity index (χ0n) is 10.3. The Hall–Kier alpha value is -1.45. The highest BCUT2D eigenvalue weighted by molar-refractivity contribution is 7.99. The average Bonchev–Trinajstić information content (AvgIpc) is 2.44. The molecule has 1 atom stereocenters. The van der Waals surface area contributed by atoms with Crippen LogP contribution in [0.1, 0.15) is 13.3 Å². The Morgan fingerprint density at radius 3 is 2.00 bits per heavy atom. The van der Waals surface area contributed by atoms with Gasteiger partial charge in [-0.1, -0.05) is 43.0 Å². The fraction of sp³-hybridized carbons (Fsp3) is 0.200. The van der Waals surface area contributed by atoms with Gasteiger partial charge in [0.05, 0.1) is 17.5 Å². The highest BCUT2D eigenvalue weighted by atomic mass is 32.2. The molecule has 0 saturated carbocycles. The molecule has 0 saturated heterocycles. The number of hydrogen-bond donors (Lipinski definition) is 1. The Kier molecular flexibility index (Phi) is 3.02. The van der Waals surface area contributed by atoms with Gasteiger partial charge < -0.3 is 10.6 Å². The standard InChI is InChI=1S/C15H16N2S/c1-2-15(16)17-11-7-3-5-9-13(11)18-14-10-6-4-8-12(14)17/h3-10,15H,2,16H2,1H3. The highest BCUT2D eigenvalue weighted by Crippen LogP contribution is 2.48. The topological polar surface area (TPSA) is 29.3 Å². The first-order valence-corrected chi connectivity index (χ1v) is 7.03. The fourth-order valence-electron chi connectivity index (χ4n) is 2.27. The molecule has 0 bridgehead atoms. The second-order valence-electron chi connectivity index (χ2n) is 4.38. The number of benzene rings is 2. The monoisotopic (exact) mass is 256 g/mol. The van der Waals surface area contributed by atoms with Crippen LogP contribution >= 0.6 is 11.8 Å². The van der Waals surface area contributed by atoms with Crippen molar-refractivity contribution in [1.82, 2.24) is 0 Å². The molecule has 1 heterocycles. The Balaban J connectivity index is 2.17. The van der Waals surface area contributed by atoms with E-state index in [9.17, 15) is 0 Å². The Morgan fingerprint density at radius 1 is 1.00 bits per heavy atom. The lowest BCUT2D eigenvalue weighted by atomic mass is 10.2. The van der Waals surface area contributed by atoms with Crippen molar-refractivity contribution >= 4 is 23.1 Å². The third-order valence-electron chi connectivity index (χ3n) is 3.22. The van der Waals surface area contributed by atoms with Crippen molar-refractivity contribution in [2.75, 3.05) is 4.90 Å². The molecule has 2 nitrogen and oxygen atoms in total. The lowest BCUT2D eigenvalue weighted by molar-refractivity contribution is 0.650. The number of nitrogens with zero attached hydrogens (tertiary/aromatic N) is 1. The lowest BCUT2D eigenvalue weighted by Crippen LogP contribution is -2.39. The zero-order chi connectivity index (χ0) is 12.5. The van der Waals surface area contributed by atoms with Crippen molar-refractivity contribution in [3.8, 4) is 0 Å². The summed E-state index contributed by atoms with van der Waals surface area (Å²) in [4.78, 5) is 4.81. The highest BCUT2D eigenvalue weighted by Gasteiger charge is 2.25. The van der Waals surface area contributed by atoms with Crippen molar-refractivity contribution in [2.45, 2.75) is 29.3 Å². The van der Waals surface area contributed by atoms with Gasteiger partial charge >= 0.3 is 0 Å². The van der Waals surface area contributed by atoms with Gasteiger partial charge in [0, 0.05) is 9.79 Å². The molecule has 0 fully saturated rings. The predicted molar refractivity (Wildman–Crippen MR) is 77.4 cm³/mol. The molecular formula is C15H16N2S. The van der Waals surface area contributed by atoms with Crippen LogP contribution in [0.25, 0.3) is 0 Å². The van der Waals surface area contributed by atoms with E-state index in [4.69, 9.17) is 5.73 Å².